The third-order valence-electron chi connectivity index (χ3n) is 3.76. The number of primary amides is 1. The first-order chi connectivity index (χ1) is 10.6. The van der Waals surface area contributed by atoms with Crippen LogP contribution in [0.15, 0.2) is 18.5 Å². The number of hydrogen-bond donors (Lipinski definition) is 2. The number of amides is 1. The molecule has 1 aliphatic rings. The number of fused-ring (bicyclic) bond motifs is 1. The molecule has 0 spiro atoms. The van der Waals surface area contributed by atoms with E-state index < -0.39 is 6.09 Å². The normalized spacial score (nSPS) is 15.7. The quantitative estimate of drug-likeness (QED) is 0.853. The average Bonchev–Trinajstić information content (AvgIpc) is 2.89. The number of carbonyl (C=O) groups is 1. The van der Waals surface area contributed by atoms with Gasteiger partial charge in [0.25, 0.3) is 0 Å². The number of ether oxygens (including phenoxy) is 1. The highest BCUT2D eigenvalue weighted by Crippen LogP contribution is 2.31. The molecule has 2 aromatic heterocycles. The van der Waals surface area contributed by atoms with Gasteiger partial charge in [-0.05, 0) is 0 Å². The highest BCUT2D eigenvalue weighted by Gasteiger charge is 2.24. The van der Waals surface area contributed by atoms with Gasteiger partial charge in [-0.15, -0.1) is 0 Å². The molecule has 0 bridgehead atoms. The van der Waals surface area contributed by atoms with Gasteiger partial charge in [0.15, 0.2) is 0 Å². The van der Waals surface area contributed by atoms with Crippen LogP contribution in [0.5, 0.6) is 5.75 Å². The molecule has 1 amide bonds. The summed E-state index contributed by atoms with van der Waals surface area (Å²) in [6.45, 7) is 1.26. The Morgan fingerprint density at radius 3 is 2.86 bits per heavy atom. The number of hydrogen-bond acceptors (Lipinski definition) is 6. The Morgan fingerprint density at radius 1 is 1.50 bits per heavy atom. The van der Waals surface area contributed by atoms with Gasteiger partial charge in [-0.1, -0.05) is 0 Å². The van der Waals surface area contributed by atoms with Gasteiger partial charge in [-0.2, -0.15) is 10.4 Å². The fourth-order valence-electron chi connectivity index (χ4n) is 2.79. The predicted molar refractivity (Wildman–Crippen MR) is 77.5 cm³/mol. The van der Waals surface area contributed by atoms with Gasteiger partial charge in [0.1, 0.15) is 23.4 Å². The molecule has 0 radical (unpaired) electrons. The third-order valence-corrected chi connectivity index (χ3v) is 3.76. The van der Waals surface area contributed by atoms with Crippen LogP contribution in [0.2, 0.25) is 0 Å². The molecule has 0 saturated carbocycles. The lowest BCUT2D eigenvalue weighted by Gasteiger charge is -2.33. The Morgan fingerprint density at radius 2 is 2.23 bits per heavy atom. The SMILES string of the molecule is N#Cc1cnn2cc(O)cc(N3CCC(OC(N)=O)CC3)c12. The van der Waals surface area contributed by atoms with Crippen molar-refractivity contribution in [1.29, 1.82) is 5.26 Å². The lowest BCUT2D eigenvalue weighted by atomic mass is 10.1. The lowest BCUT2D eigenvalue weighted by molar-refractivity contribution is 0.0913. The number of rotatable bonds is 2. The molecule has 22 heavy (non-hydrogen) atoms. The molecule has 0 unspecified atom stereocenters. The summed E-state index contributed by atoms with van der Waals surface area (Å²) in [7, 11) is 0. The van der Waals surface area contributed by atoms with Gasteiger partial charge in [0.05, 0.1) is 23.6 Å². The number of piperidine rings is 1. The van der Waals surface area contributed by atoms with Crippen molar-refractivity contribution in [3.8, 4) is 11.8 Å². The van der Waals surface area contributed by atoms with Crippen LogP contribution in [0.3, 0.4) is 0 Å². The second-order valence-electron chi connectivity index (χ2n) is 5.17. The molecule has 1 aliphatic heterocycles. The number of anilines is 1. The highest BCUT2D eigenvalue weighted by atomic mass is 16.6. The van der Waals surface area contributed by atoms with Crippen LogP contribution in [0.1, 0.15) is 18.4 Å². The maximum atomic E-state index is 10.8. The number of aromatic nitrogens is 2. The fraction of sp³-hybridized carbons (Fsp3) is 0.357. The van der Waals surface area contributed by atoms with Crippen LogP contribution in [-0.2, 0) is 4.74 Å². The van der Waals surface area contributed by atoms with Gasteiger partial charge < -0.3 is 20.5 Å². The van der Waals surface area contributed by atoms with E-state index in [1.165, 1.54) is 16.9 Å². The molecule has 3 heterocycles. The minimum atomic E-state index is -0.763. The topological polar surface area (TPSA) is 117 Å². The van der Waals surface area contributed by atoms with Gasteiger partial charge >= 0.3 is 6.09 Å². The lowest BCUT2D eigenvalue weighted by Crippen LogP contribution is -2.38. The number of carbonyl (C=O) groups excluding carboxylic acids is 1. The zero-order chi connectivity index (χ0) is 15.7. The Kier molecular flexibility index (Phi) is 3.47. The maximum Gasteiger partial charge on any atom is 0.404 e. The van der Waals surface area contributed by atoms with Gasteiger partial charge in [0.2, 0.25) is 0 Å². The average molecular weight is 301 g/mol. The van der Waals surface area contributed by atoms with E-state index in [1.807, 2.05) is 4.90 Å². The largest absolute Gasteiger partial charge is 0.506 e. The molecule has 2 aromatic rings. The van der Waals surface area contributed by atoms with Crippen molar-refractivity contribution in [2.24, 2.45) is 5.73 Å². The van der Waals surface area contributed by atoms with E-state index in [-0.39, 0.29) is 11.9 Å². The molecule has 8 nitrogen and oxygen atoms in total. The number of nitrogens with zero attached hydrogens (tertiary/aromatic N) is 4. The summed E-state index contributed by atoms with van der Waals surface area (Å²) < 4.78 is 6.50. The van der Waals surface area contributed by atoms with E-state index in [4.69, 9.17) is 10.5 Å². The van der Waals surface area contributed by atoms with E-state index in [0.717, 1.165) is 5.69 Å². The van der Waals surface area contributed by atoms with Crippen molar-refractivity contribution in [1.82, 2.24) is 9.61 Å². The number of nitrogens with two attached hydrogens (primary N) is 1. The van der Waals surface area contributed by atoms with E-state index in [2.05, 4.69) is 11.2 Å². The van der Waals surface area contributed by atoms with Crippen molar-refractivity contribution in [3.05, 3.63) is 24.0 Å². The fourth-order valence-corrected chi connectivity index (χ4v) is 2.79. The van der Waals surface area contributed by atoms with Crippen LogP contribution in [0, 0.1) is 11.3 Å². The Bertz CT molecular complexity index is 756. The molecule has 3 rings (SSSR count). The van der Waals surface area contributed by atoms with Gasteiger partial charge in [0, 0.05) is 32.0 Å². The van der Waals surface area contributed by atoms with Crippen molar-refractivity contribution < 1.29 is 14.6 Å². The molecule has 8 heteroatoms. The minimum absolute atomic E-state index is 0.0746. The van der Waals surface area contributed by atoms with Gasteiger partial charge in [-0.25, -0.2) is 9.31 Å². The molecule has 114 valence electrons. The molecule has 0 aromatic carbocycles. The van der Waals surface area contributed by atoms with Crippen molar-refractivity contribution >= 4 is 17.3 Å². The van der Waals surface area contributed by atoms with Crippen LogP contribution >= 0.6 is 0 Å². The monoisotopic (exact) mass is 301 g/mol. The molecule has 0 aliphatic carbocycles. The number of nitriles is 1. The summed E-state index contributed by atoms with van der Waals surface area (Å²) >= 11 is 0. The second kappa shape index (κ2) is 5.44. The summed E-state index contributed by atoms with van der Waals surface area (Å²) in [6, 6.07) is 3.72. The highest BCUT2D eigenvalue weighted by molar-refractivity contribution is 5.80. The molecule has 3 N–H and O–H groups in total. The first kappa shape index (κ1) is 14.0. The van der Waals surface area contributed by atoms with Crippen molar-refractivity contribution in [3.63, 3.8) is 0 Å². The Hall–Kier alpha value is -2.95. The van der Waals surface area contributed by atoms with Crippen LogP contribution in [0.4, 0.5) is 10.5 Å². The first-order valence-corrected chi connectivity index (χ1v) is 6.90. The van der Waals surface area contributed by atoms with E-state index in [9.17, 15) is 15.2 Å². The molecule has 1 fully saturated rings. The Labute approximate surface area is 126 Å². The van der Waals surface area contributed by atoms with E-state index >= 15 is 0 Å². The zero-order valence-electron chi connectivity index (χ0n) is 11.8. The Balaban J connectivity index is 1.90. The molecule has 1 saturated heterocycles. The van der Waals surface area contributed by atoms with Crippen LogP contribution < -0.4 is 10.6 Å². The minimum Gasteiger partial charge on any atom is -0.506 e. The summed E-state index contributed by atoms with van der Waals surface area (Å²) in [4.78, 5) is 12.8. The molecule has 0 atom stereocenters. The third kappa shape index (κ3) is 2.48. The van der Waals surface area contributed by atoms with Crippen LogP contribution in [0.25, 0.3) is 5.52 Å². The van der Waals surface area contributed by atoms with E-state index in [0.29, 0.717) is 37.0 Å². The predicted octanol–water partition coefficient (Wildman–Crippen LogP) is 0.976. The summed E-state index contributed by atoms with van der Waals surface area (Å²) in [6.07, 6.45) is 3.26. The van der Waals surface area contributed by atoms with Crippen molar-refractivity contribution in [2.75, 3.05) is 18.0 Å². The zero-order valence-corrected chi connectivity index (χ0v) is 11.8. The number of aromatic hydroxyl groups is 1. The van der Waals surface area contributed by atoms with Crippen LogP contribution in [-0.4, -0.2) is 40.0 Å². The summed E-state index contributed by atoms with van der Waals surface area (Å²) in [5.74, 6) is 0.0746. The van der Waals surface area contributed by atoms with Crippen molar-refractivity contribution in [2.45, 2.75) is 18.9 Å². The van der Waals surface area contributed by atoms with E-state index in [1.54, 1.807) is 6.07 Å². The van der Waals surface area contributed by atoms with Gasteiger partial charge in [-0.3, -0.25) is 0 Å². The maximum absolute atomic E-state index is 10.8. The molecular weight excluding hydrogens is 286 g/mol. The summed E-state index contributed by atoms with van der Waals surface area (Å²) in [5, 5.41) is 23.1. The number of pyridine rings is 1. The molecular formula is C14H15N5O3. The smallest absolute Gasteiger partial charge is 0.404 e. The second-order valence-corrected chi connectivity index (χ2v) is 5.17. The first-order valence-electron chi connectivity index (χ1n) is 6.90. The standard InChI is InChI=1S/C14H15N5O3/c15-6-9-7-17-19-8-10(20)5-12(13(9)19)18-3-1-11(2-4-18)22-14(16)21/h5,7-8,11,20H,1-4H2,(H2,16,21). The summed E-state index contributed by atoms with van der Waals surface area (Å²) in [5.41, 5.74) is 6.89.